The summed E-state index contributed by atoms with van der Waals surface area (Å²) >= 11 is 5.75. The van der Waals surface area contributed by atoms with Gasteiger partial charge in [0.1, 0.15) is 16.9 Å². The van der Waals surface area contributed by atoms with Crippen molar-refractivity contribution in [3.05, 3.63) is 53.2 Å². The molecule has 0 spiro atoms. The minimum Gasteiger partial charge on any atom is -0.529 e. The second kappa shape index (κ2) is 5.27. The van der Waals surface area contributed by atoms with Crippen LogP contribution in [-0.4, -0.2) is 15.6 Å². The lowest BCUT2D eigenvalue weighted by Crippen LogP contribution is -2.29. The van der Waals surface area contributed by atoms with Crippen molar-refractivity contribution in [2.45, 2.75) is 6.18 Å². The third-order valence-corrected chi connectivity index (χ3v) is 3.49. The van der Waals surface area contributed by atoms with Crippen molar-refractivity contribution in [1.82, 2.24) is 9.55 Å². The molecule has 2 aromatic heterocycles. The number of halogens is 4. The standard InChI is InChI=1S/C15H8ClF3N2O2/c16-12-5-4-9-7-11(21(14(22)23)13(9)20-12)8-2-1-3-10(6-8)15(17,18)19/h1-7H,(H,22,23)/p-1. The number of nitrogens with zero attached hydrogens (tertiary/aromatic N) is 2. The van der Waals surface area contributed by atoms with Crippen LogP contribution in [-0.2, 0) is 6.18 Å². The molecule has 0 saturated carbocycles. The van der Waals surface area contributed by atoms with Crippen molar-refractivity contribution in [3.8, 4) is 11.3 Å². The molecule has 3 rings (SSSR count). The first kappa shape index (κ1) is 15.4. The zero-order valence-corrected chi connectivity index (χ0v) is 12.0. The zero-order valence-electron chi connectivity index (χ0n) is 11.3. The van der Waals surface area contributed by atoms with Crippen molar-refractivity contribution >= 4 is 28.7 Å². The van der Waals surface area contributed by atoms with Gasteiger partial charge in [-0.3, -0.25) is 4.57 Å². The second-order valence-corrected chi connectivity index (χ2v) is 5.14. The molecule has 0 fully saturated rings. The number of hydrogen-bond donors (Lipinski definition) is 0. The highest BCUT2D eigenvalue weighted by Crippen LogP contribution is 2.34. The number of fused-ring (bicyclic) bond motifs is 1. The molecule has 0 aliphatic heterocycles. The summed E-state index contributed by atoms with van der Waals surface area (Å²) in [4.78, 5) is 15.3. The lowest BCUT2D eigenvalue weighted by molar-refractivity contribution is -0.249. The summed E-state index contributed by atoms with van der Waals surface area (Å²) in [6.45, 7) is 0. The van der Waals surface area contributed by atoms with Crippen molar-refractivity contribution in [2.24, 2.45) is 0 Å². The van der Waals surface area contributed by atoms with Crippen LogP contribution in [0.3, 0.4) is 0 Å². The Morgan fingerprint density at radius 2 is 1.91 bits per heavy atom. The molecular formula is C15H7ClF3N2O2-. The van der Waals surface area contributed by atoms with E-state index in [2.05, 4.69) is 4.98 Å². The Labute approximate surface area is 132 Å². The summed E-state index contributed by atoms with van der Waals surface area (Å²) < 4.78 is 39.2. The molecule has 0 atom stereocenters. The van der Waals surface area contributed by atoms with E-state index in [0.717, 1.165) is 12.1 Å². The Morgan fingerprint density at radius 1 is 1.17 bits per heavy atom. The molecule has 2 heterocycles. The molecule has 0 saturated heterocycles. The molecule has 1 aromatic carbocycles. The van der Waals surface area contributed by atoms with E-state index in [1.165, 1.54) is 30.3 Å². The second-order valence-electron chi connectivity index (χ2n) is 4.76. The molecular weight excluding hydrogens is 333 g/mol. The van der Waals surface area contributed by atoms with Crippen molar-refractivity contribution in [1.29, 1.82) is 0 Å². The van der Waals surface area contributed by atoms with Gasteiger partial charge in [0.05, 0.1) is 11.3 Å². The number of pyridine rings is 1. The highest BCUT2D eigenvalue weighted by Gasteiger charge is 2.30. The van der Waals surface area contributed by atoms with Crippen LogP contribution in [0.5, 0.6) is 0 Å². The number of carboxylic acid groups (broad SMARTS) is 1. The van der Waals surface area contributed by atoms with Crippen molar-refractivity contribution in [3.63, 3.8) is 0 Å². The first-order valence-corrected chi connectivity index (χ1v) is 6.72. The molecule has 3 aromatic rings. The topological polar surface area (TPSA) is 57.9 Å². The lowest BCUT2D eigenvalue weighted by Gasteiger charge is -2.12. The highest BCUT2D eigenvalue weighted by atomic mass is 35.5. The fraction of sp³-hybridized carbons (Fsp3) is 0.0667. The summed E-state index contributed by atoms with van der Waals surface area (Å²) in [6.07, 6.45) is -6.14. The van der Waals surface area contributed by atoms with Gasteiger partial charge in [0.25, 0.3) is 0 Å². The van der Waals surface area contributed by atoms with E-state index in [1.54, 1.807) is 0 Å². The third kappa shape index (κ3) is 2.75. The first-order chi connectivity index (χ1) is 10.8. The monoisotopic (exact) mass is 339 g/mol. The maximum absolute atomic E-state index is 12.8. The molecule has 23 heavy (non-hydrogen) atoms. The zero-order chi connectivity index (χ0) is 16.8. The SMILES string of the molecule is O=C([O-])n1c(-c2cccc(C(F)(F)F)c2)cc2ccc(Cl)nc21. The van der Waals surface area contributed by atoms with Crippen LogP contribution in [0, 0.1) is 0 Å². The quantitative estimate of drug-likeness (QED) is 0.637. The molecule has 0 aliphatic carbocycles. The molecule has 8 heteroatoms. The Bertz CT molecular complexity index is 919. The maximum Gasteiger partial charge on any atom is 0.416 e. The minimum atomic E-state index is -4.53. The van der Waals surface area contributed by atoms with Crippen LogP contribution < -0.4 is 5.11 Å². The minimum absolute atomic E-state index is 0.00455. The first-order valence-electron chi connectivity index (χ1n) is 6.34. The van der Waals surface area contributed by atoms with Gasteiger partial charge in [0.15, 0.2) is 0 Å². The van der Waals surface area contributed by atoms with Gasteiger partial charge in [-0.25, -0.2) is 4.98 Å². The van der Waals surface area contributed by atoms with E-state index in [0.29, 0.717) is 9.95 Å². The van der Waals surface area contributed by atoms with Gasteiger partial charge in [-0.05, 0) is 35.9 Å². The molecule has 0 bridgehead atoms. The number of benzene rings is 1. The Morgan fingerprint density at radius 3 is 2.57 bits per heavy atom. The van der Waals surface area contributed by atoms with Crippen LogP contribution >= 0.6 is 11.6 Å². The van der Waals surface area contributed by atoms with Gasteiger partial charge in [0.2, 0.25) is 0 Å². The molecule has 0 radical (unpaired) electrons. The number of aromatic nitrogens is 2. The maximum atomic E-state index is 12.8. The normalized spacial score (nSPS) is 11.8. The van der Waals surface area contributed by atoms with Crippen LogP contribution in [0.2, 0.25) is 5.15 Å². The number of rotatable bonds is 1. The van der Waals surface area contributed by atoms with Crippen LogP contribution in [0.1, 0.15) is 5.56 Å². The van der Waals surface area contributed by atoms with Gasteiger partial charge in [-0.15, -0.1) is 0 Å². The Kier molecular flexibility index (Phi) is 3.52. The van der Waals surface area contributed by atoms with Gasteiger partial charge in [-0.2, -0.15) is 13.2 Å². The van der Waals surface area contributed by atoms with E-state index in [-0.39, 0.29) is 22.1 Å². The largest absolute Gasteiger partial charge is 0.529 e. The lowest BCUT2D eigenvalue weighted by atomic mass is 10.1. The van der Waals surface area contributed by atoms with Crippen LogP contribution in [0.4, 0.5) is 18.0 Å². The van der Waals surface area contributed by atoms with Crippen LogP contribution in [0.25, 0.3) is 22.3 Å². The average Bonchev–Trinajstić information content (AvgIpc) is 2.85. The van der Waals surface area contributed by atoms with Gasteiger partial charge < -0.3 is 9.90 Å². The number of alkyl halides is 3. The predicted molar refractivity (Wildman–Crippen MR) is 76.0 cm³/mol. The van der Waals surface area contributed by atoms with E-state index < -0.39 is 17.8 Å². The average molecular weight is 340 g/mol. The van der Waals surface area contributed by atoms with E-state index in [1.807, 2.05) is 0 Å². The number of hydrogen-bond acceptors (Lipinski definition) is 3. The number of carbonyl (C=O) groups is 1. The third-order valence-electron chi connectivity index (χ3n) is 3.28. The summed E-state index contributed by atoms with van der Waals surface area (Å²) in [7, 11) is 0. The molecule has 0 amide bonds. The highest BCUT2D eigenvalue weighted by molar-refractivity contribution is 6.29. The molecule has 0 N–H and O–H groups in total. The number of carbonyl (C=O) groups excluding carboxylic acids is 1. The summed E-state index contributed by atoms with van der Waals surface area (Å²) in [6, 6.07) is 8.77. The van der Waals surface area contributed by atoms with Crippen LogP contribution in [0.15, 0.2) is 42.5 Å². The van der Waals surface area contributed by atoms with E-state index in [4.69, 9.17) is 11.6 Å². The Balaban J connectivity index is 2.28. The van der Waals surface area contributed by atoms with Gasteiger partial charge in [0, 0.05) is 5.39 Å². The molecule has 0 unspecified atom stereocenters. The molecule has 0 aliphatic rings. The fourth-order valence-electron chi connectivity index (χ4n) is 2.31. The summed E-state index contributed by atoms with van der Waals surface area (Å²) in [5, 5.41) is 11.9. The molecule has 118 valence electrons. The van der Waals surface area contributed by atoms with E-state index >= 15 is 0 Å². The van der Waals surface area contributed by atoms with Gasteiger partial charge in [-0.1, -0.05) is 23.7 Å². The van der Waals surface area contributed by atoms with Gasteiger partial charge >= 0.3 is 6.18 Å². The van der Waals surface area contributed by atoms with Crippen molar-refractivity contribution in [2.75, 3.05) is 0 Å². The van der Waals surface area contributed by atoms with Crippen molar-refractivity contribution < 1.29 is 23.1 Å². The fourth-order valence-corrected chi connectivity index (χ4v) is 2.45. The molecule has 4 nitrogen and oxygen atoms in total. The Hall–Kier alpha value is -2.54. The summed E-state index contributed by atoms with van der Waals surface area (Å²) in [5.74, 6) is 0. The predicted octanol–water partition coefficient (Wildman–Crippen LogP) is 3.57. The smallest absolute Gasteiger partial charge is 0.416 e. The summed E-state index contributed by atoms with van der Waals surface area (Å²) in [5.41, 5.74) is -0.764. The van der Waals surface area contributed by atoms with E-state index in [9.17, 15) is 23.1 Å².